The van der Waals surface area contributed by atoms with Crippen LogP contribution in [-0.4, -0.2) is 24.6 Å². The highest BCUT2D eigenvalue weighted by molar-refractivity contribution is 7.10. The van der Waals surface area contributed by atoms with Crippen molar-refractivity contribution in [3.63, 3.8) is 0 Å². The van der Waals surface area contributed by atoms with Crippen molar-refractivity contribution in [2.75, 3.05) is 13.2 Å². The van der Waals surface area contributed by atoms with Crippen LogP contribution in [0.2, 0.25) is 0 Å². The van der Waals surface area contributed by atoms with Crippen LogP contribution in [0.1, 0.15) is 30.2 Å². The van der Waals surface area contributed by atoms with E-state index in [2.05, 4.69) is 0 Å². The Bertz CT molecular complexity index is 267. The molecule has 0 saturated carbocycles. The second-order valence-electron chi connectivity index (χ2n) is 3.63. The average molecular weight is 228 g/mol. The molecule has 0 radical (unpaired) electrons. The maximum Gasteiger partial charge on any atom is 0.157 e. The van der Waals surface area contributed by atoms with E-state index < -0.39 is 0 Å². The fraction of sp³-hybridized carbons (Fsp3) is 0.636. The SMILES string of the molecule is O[C@H](CCC1OCCCO1)c1cccs1. The molecule has 0 aromatic carbocycles. The van der Waals surface area contributed by atoms with E-state index in [0.717, 1.165) is 30.9 Å². The van der Waals surface area contributed by atoms with Crippen LogP contribution in [0.5, 0.6) is 0 Å². The molecule has 1 fully saturated rings. The van der Waals surface area contributed by atoms with Crippen LogP contribution < -0.4 is 0 Å². The number of hydrogen-bond acceptors (Lipinski definition) is 4. The Morgan fingerprint density at radius 1 is 1.47 bits per heavy atom. The first-order valence-electron chi connectivity index (χ1n) is 5.31. The van der Waals surface area contributed by atoms with E-state index in [9.17, 15) is 5.11 Å². The maximum atomic E-state index is 9.84. The summed E-state index contributed by atoms with van der Waals surface area (Å²) in [6.07, 6.45) is 1.95. The van der Waals surface area contributed by atoms with Crippen LogP contribution in [0.25, 0.3) is 0 Å². The third kappa shape index (κ3) is 3.28. The van der Waals surface area contributed by atoms with Gasteiger partial charge < -0.3 is 14.6 Å². The van der Waals surface area contributed by atoms with Gasteiger partial charge in [0.1, 0.15) is 0 Å². The van der Waals surface area contributed by atoms with Gasteiger partial charge in [-0.25, -0.2) is 0 Å². The van der Waals surface area contributed by atoms with Crippen molar-refractivity contribution in [3.8, 4) is 0 Å². The number of aliphatic hydroxyl groups is 1. The summed E-state index contributed by atoms with van der Waals surface area (Å²) < 4.78 is 10.8. The minimum atomic E-state index is -0.376. The van der Waals surface area contributed by atoms with Gasteiger partial charge in [-0.05, 0) is 24.3 Å². The van der Waals surface area contributed by atoms with Crippen LogP contribution in [0.15, 0.2) is 17.5 Å². The van der Waals surface area contributed by atoms with E-state index in [-0.39, 0.29) is 12.4 Å². The molecule has 4 heteroatoms. The second kappa shape index (κ2) is 5.61. The predicted molar refractivity (Wildman–Crippen MR) is 58.8 cm³/mol. The molecule has 0 aliphatic carbocycles. The summed E-state index contributed by atoms with van der Waals surface area (Å²) in [5.41, 5.74) is 0. The Kier molecular flexibility index (Phi) is 4.14. The van der Waals surface area contributed by atoms with Gasteiger partial charge in [0.15, 0.2) is 6.29 Å². The van der Waals surface area contributed by atoms with E-state index in [1.165, 1.54) is 0 Å². The normalized spacial score (nSPS) is 20.3. The largest absolute Gasteiger partial charge is 0.388 e. The fourth-order valence-corrected chi connectivity index (χ4v) is 2.37. The van der Waals surface area contributed by atoms with Gasteiger partial charge in [-0.15, -0.1) is 11.3 Å². The molecule has 84 valence electrons. The molecular weight excluding hydrogens is 212 g/mol. The first kappa shape index (κ1) is 11.1. The van der Waals surface area contributed by atoms with Gasteiger partial charge in [0.25, 0.3) is 0 Å². The quantitative estimate of drug-likeness (QED) is 0.859. The summed E-state index contributed by atoms with van der Waals surface area (Å²) in [7, 11) is 0. The van der Waals surface area contributed by atoms with Crippen LogP contribution in [-0.2, 0) is 9.47 Å². The molecule has 0 amide bonds. The standard InChI is InChI=1S/C11H16O3S/c12-9(10-3-1-8-15-10)4-5-11-13-6-2-7-14-11/h1,3,8-9,11-12H,2,4-7H2/t9-/m1/s1. The fourth-order valence-electron chi connectivity index (χ4n) is 1.62. The predicted octanol–water partition coefficient (Wildman–Crippen LogP) is 2.32. The summed E-state index contributed by atoms with van der Waals surface area (Å²) in [5, 5.41) is 11.8. The Hall–Kier alpha value is -0.420. The lowest BCUT2D eigenvalue weighted by atomic mass is 10.1. The molecule has 1 atom stereocenters. The number of hydrogen-bond donors (Lipinski definition) is 1. The highest BCUT2D eigenvalue weighted by Crippen LogP contribution is 2.24. The van der Waals surface area contributed by atoms with Gasteiger partial charge in [0, 0.05) is 11.3 Å². The third-order valence-corrected chi connectivity index (χ3v) is 3.42. The summed E-state index contributed by atoms with van der Waals surface area (Å²) in [6.45, 7) is 1.56. The molecule has 1 aromatic rings. The smallest absolute Gasteiger partial charge is 0.157 e. The van der Waals surface area contributed by atoms with E-state index in [0.29, 0.717) is 6.42 Å². The maximum absolute atomic E-state index is 9.84. The molecule has 1 aliphatic rings. The lowest BCUT2D eigenvalue weighted by Gasteiger charge is -2.23. The monoisotopic (exact) mass is 228 g/mol. The Morgan fingerprint density at radius 2 is 2.27 bits per heavy atom. The Balaban J connectivity index is 1.73. The zero-order valence-electron chi connectivity index (χ0n) is 8.59. The van der Waals surface area contributed by atoms with Crippen molar-refractivity contribution in [1.82, 2.24) is 0 Å². The van der Waals surface area contributed by atoms with Crippen molar-refractivity contribution in [1.29, 1.82) is 0 Å². The molecule has 0 unspecified atom stereocenters. The minimum absolute atomic E-state index is 0.117. The van der Waals surface area contributed by atoms with E-state index >= 15 is 0 Å². The van der Waals surface area contributed by atoms with Crippen LogP contribution in [0.4, 0.5) is 0 Å². The van der Waals surface area contributed by atoms with Gasteiger partial charge in [-0.2, -0.15) is 0 Å². The number of thiophene rings is 1. The van der Waals surface area contributed by atoms with E-state index in [1.807, 2.05) is 17.5 Å². The third-order valence-electron chi connectivity index (χ3n) is 2.44. The first-order valence-corrected chi connectivity index (χ1v) is 6.19. The number of aliphatic hydroxyl groups excluding tert-OH is 1. The van der Waals surface area contributed by atoms with Gasteiger partial charge >= 0.3 is 0 Å². The van der Waals surface area contributed by atoms with Gasteiger partial charge in [-0.3, -0.25) is 0 Å². The molecule has 2 heterocycles. The van der Waals surface area contributed by atoms with Gasteiger partial charge in [-0.1, -0.05) is 6.07 Å². The lowest BCUT2D eigenvalue weighted by molar-refractivity contribution is -0.183. The van der Waals surface area contributed by atoms with E-state index in [4.69, 9.17) is 9.47 Å². The Morgan fingerprint density at radius 3 is 2.93 bits per heavy atom. The molecule has 15 heavy (non-hydrogen) atoms. The summed E-state index contributed by atoms with van der Waals surface area (Å²) in [5.74, 6) is 0. The van der Waals surface area contributed by atoms with Crippen LogP contribution >= 0.6 is 11.3 Å². The molecule has 1 aliphatic heterocycles. The molecule has 0 spiro atoms. The first-order chi connectivity index (χ1) is 7.36. The topological polar surface area (TPSA) is 38.7 Å². The highest BCUT2D eigenvalue weighted by Gasteiger charge is 2.17. The van der Waals surface area contributed by atoms with Gasteiger partial charge in [0.2, 0.25) is 0 Å². The molecule has 1 saturated heterocycles. The van der Waals surface area contributed by atoms with Crippen molar-refractivity contribution in [2.24, 2.45) is 0 Å². The molecule has 1 N–H and O–H groups in total. The second-order valence-corrected chi connectivity index (χ2v) is 4.61. The molecule has 1 aromatic heterocycles. The van der Waals surface area contributed by atoms with Crippen LogP contribution in [0, 0.1) is 0 Å². The zero-order chi connectivity index (χ0) is 10.5. The van der Waals surface area contributed by atoms with Gasteiger partial charge in [0.05, 0.1) is 19.3 Å². The van der Waals surface area contributed by atoms with E-state index in [1.54, 1.807) is 11.3 Å². The zero-order valence-corrected chi connectivity index (χ0v) is 9.41. The molecule has 0 bridgehead atoms. The van der Waals surface area contributed by atoms with Crippen molar-refractivity contribution >= 4 is 11.3 Å². The molecule has 2 rings (SSSR count). The van der Waals surface area contributed by atoms with Crippen LogP contribution in [0.3, 0.4) is 0 Å². The highest BCUT2D eigenvalue weighted by atomic mass is 32.1. The lowest BCUT2D eigenvalue weighted by Crippen LogP contribution is -2.25. The summed E-state index contributed by atoms with van der Waals surface area (Å²) in [4.78, 5) is 1.02. The summed E-state index contributed by atoms with van der Waals surface area (Å²) >= 11 is 1.59. The minimum Gasteiger partial charge on any atom is -0.388 e. The molecular formula is C11H16O3S. The van der Waals surface area contributed by atoms with Crippen molar-refractivity contribution in [3.05, 3.63) is 22.4 Å². The number of rotatable bonds is 4. The number of ether oxygens (including phenoxy) is 2. The summed E-state index contributed by atoms with van der Waals surface area (Å²) in [6, 6.07) is 3.91. The van der Waals surface area contributed by atoms with Crippen molar-refractivity contribution in [2.45, 2.75) is 31.7 Å². The van der Waals surface area contributed by atoms with Crippen molar-refractivity contribution < 1.29 is 14.6 Å². The average Bonchev–Trinajstić information content (AvgIpc) is 2.81. The Labute approximate surface area is 93.6 Å². The molecule has 3 nitrogen and oxygen atoms in total.